The summed E-state index contributed by atoms with van der Waals surface area (Å²) in [7, 11) is -1.00. The van der Waals surface area contributed by atoms with E-state index in [2.05, 4.69) is 5.32 Å². The van der Waals surface area contributed by atoms with Crippen LogP contribution in [0.1, 0.15) is 44.6 Å². The maximum atomic E-state index is 13.8. The summed E-state index contributed by atoms with van der Waals surface area (Å²) in [6.45, 7) is 1.24. The van der Waals surface area contributed by atoms with Crippen LogP contribution in [0.25, 0.3) is 0 Å². The molecular formula is C27H36ClN3O6S. The van der Waals surface area contributed by atoms with Gasteiger partial charge in [-0.2, -0.15) is 0 Å². The predicted octanol–water partition coefficient (Wildman–Crippen LogP) is 3.99. The van der Waals surface area contributed by atoms with Crippen molar-refractivity contribution >= 4 is 39.1 Å². The maximum Gasteiger partial charge on any atom is 0.244 e. The lowest BCUT2D eigenvalue weighted by molar-refractivity contribution is -0.139. The van der Waals surface area contributed by atoms with Gasteiger partial charge < -0.3 is 19.7 Å². The van der Waals surface area contributed by atoms with Gasteiger partial charge in [-0.1, -0.05) is 43.0 Å². The van der Waals surface area contributed by atoms with Crippen LogP contribution >= 0.6 is 11.6 Å². The number of ether oxygens (including phenoxy) is 2. The zero-order chi connectivity index (χ0) is 27.9. The molecule has 1 aliphatic carbocycles. The molecule has 0 saturated heterocycles. The van der Waals surface area contributed by atoms with Gasteiger partial charge in [-0.05, 0) is 49.6 Å². The molecule has 3 rings (SSSR count). The molecule has 0 aliphatic heterocycles. The molecule has 2 aromatic rings. The van der Waals surface area contributed by atoms with Crippen molar-refractivity contribution in [3.8, 4) is 11.5 Å². The first-order valence-corrected chi connectivity index (χ1v) is 14.8. The predicted molar refractivity (Wildman–Crippen MR) is 148 cm³/mol. The molecule has 0 radical (unpaired) electrons. The van der Waals surface area contributed by atoms with E-state index in [1.54, 1.807) is 43.3 Å². The van der Waals surface area contributed by atoms with Crippen LogP contribution in [0.3, 0.4) is 0 Å². The Morgan fingerprint density at radius 3 is 2.29 bits per heavy atom. The minimum atomic E-state index is -3.90. The minimum absolute atomic E-state index is 0.0715. The third-order valence-electron chi connectivity index (χ3n) is 6.72. The molecule has 1 N–H and O–H groups in total. The lowest BCUT2D eigenvalue weighted by atomic mass is 9.95. The van der Waals surface area contributed by atoms with Crippen molar-refractivity contribution in [1.82, 2.24) is 10.2 Å². The molecule has 0 heterocycles. The quantitative estimate of drug-likeness (QED) is 0.442. The second-order valence-corrected chi connectivity index (χ2v) is 11.8. The van der Waals surface area contributed by atoms with Crippen molar-refractivity contribution in [1.29, 1.82) is 0 Å². The molecule has 1 atom stereocenters. The van der Waals surface area contributed by atoms with Gasteiger partial charge in [0.05, 0.1) is 26.2 Å². The van der Waals surface area contributed by atoms with Crippen molar-refractivity contribution in [2.24, 2.45) is 0 Å². The first-order chi connectivity index (χ1) is 18.0. The van der Waals surface area contributed by atoms with E-state index in [9.17, 15) is 18.0 Å². The highest BCUT2D eigenvalue weighted by Crippen LogP contribution is 2.33. The third kappa shape index (κ3) is 7.77. The number of amides is 2. The molecular weight excluding hydrogens is 530 g/mol. The monoisotopic (exact) mass is 565 g/mol. The van der Waals surface area contributed by atoms with E-state index in [4.69, 9.17) is 21.1 Å². The number of methoxy groups -OCH3 is 2. The SMILES string of the molecule is COc1ccc(N(CC(=O)N(Cc2ccc(Cl)cc2)[C@@H](C)C(=O)NC2CCCCC2)S(C)(=O)=O)c(OC)c1. The summed E-state index contributed by atoms with van der Waals surface area (Å²) in [5.41, 5.74) is 0.947. The Balaban J connectivity index is 1.91. The van der Waals surface area contributed by atoms with Gasteiger partial charge in [0.25, 0.3) is 0 Å². The molecule has 1 saturated carbocycles. The molecule has 2 amide bonds. The standard InChI is InChI=1S/C27H36ClN3O6S/c1-19(27(33)29-22-8-6-5-7-9-22)30(17-20-10-12-21(28)13-11-20)26(32)18-31(38(4,34)35)24-15-14-23(36-2)16-25(24)37-3/h10-16,19,22H,5-9,17-18H2,1-4H3,(H,29,33)/t19-/m0/s1. The molecule has 208 valence electrons. The normalized spacial score (nSPS) is 14.9. The highest BCUT2D eigenvalue weighted by Gasteiger charge is 2.32. The van der Waals surface area contributed by atoms with E-state index in [0.29, 0.717) is 10.8 Å². The molecule has 2 aromatic carbocycles. The average molecular weight is 566 g/mol. The van der Waals surface area contributed by atoms with Gasteiger partial charge in [-0.15, -0.1) is 0 Å². The van der Waals surface area contributed by atoms with Crippen molar-refractivity contribution < 1.29 is 27.5 Å². The molecule has 0 aromatic heterocycles. The fourth-order valence-corrected chi connectivity index (χ4v) is 5.50. The van der Waals surface area contributed by atoms with E-state index < -0.39 is 28.5 Å². The number of sulfonamides is 1. The lowest BCUT2D eigenvalue weighted by Crippen LogP contribution is -2.53. The summed E-state index contributed by atoms with van der Waals surface area (Å²) in [6, 6.07) is 10.9. The van der Waals surface area contributed by atoms with Gasteiger partial charge in [0.2, 0.25) is 21.8 Å². The first-order valence-electron chi connectivity index (χ1n) is 12.6. The van der Waals surface area contributed by atoms with Crippen LogP contribution in [-0.4, -0.2) is 64.2 Å². The summed E-state index contributed by atoms with van der Waals surface area (Å²) in [5, 5.41) is 3.62. The third-order valence-corrected chi connectivity index (χ3v) is 8.10. The number of nitrogens with one attached hydrogen (secondary N) is 1. The van der Waals surface area contributed by atoms with Gasteiger partial charge in [0, 0.05) is 23.7 Å². The minimum Gasteiger partial charge on any atom is -0.497 e. The number of hydrogen-bond donors (Lipinski definition) is 1. The van der Waals surface area contributed by atoms with Gasteiger partial charge in [-0.25, -0.2) is 8.42 Å². The maximum absolute atomic E-state index is 13.8. The number of nitrogens with zero attached hydrogens (tertiary/aromatic N) is 2. The number of rotatable bonds is 11. The fourth-order valence-electron chi connectivity index (χ4n) is 4.52. The second-order valence-electron chi connectivity index (χ2n) is 9.48. The Morgan fingerprint density at radius 1 is 1.05 bits per heavy atom. The van der Waals surface area contributed by atoms with Crippen molar-refractivity contribution in [3.05, 3.63) is 53.1 Å². The van der Waals surface area contributed by atoms with Crippen LogP contribution in [0, 0.1) is 0 Å². The Labute approximate surface area is 230 Å². The summed E-state index contributed by atoms with van der Waals surface area (Å²) in [6.07, 6.45) is 6.09. The van der Waals surface area contributed by atoms with Gasteiger partial charge in [0.15, 0.2) is 0 Å². The number of carbonyl (C=O) groups excluding carboxylic acids is 2. The first kappa shape index (κ1) is 29.6. The van der Waals surface area contributed by atoms with Gasteiger partial charge in [0.1, 0.15) is 24.1 Å². The molecule has 38 heavy (non-hydrogen) atoms. The largest absolute Gasteiger partial charge is 0.497 e. The molecule has 0 unspecified atom stereocenters. The average Bonchev–Trinajstić information content (AvgIpc) is 2.90. The molecule has 1 fully saturated rings. The van der Waals surface area contributed by atoms with E-state index in [-0.39, 0.29) is 29.9 Å². The summed E-state index contributed by atoms with van der Waals surface area (Å²) < 4.78 is 37.3. The zero-order valence-electron chi connectivity index (χ0n) is 22.3. The highest BCUT2D eigenvalue weighted by molar-refractivity contribution is 7.92. The number of anilines is 1. The Bertz CT molecular complexity index is 1220. The number of benzene rings is 2. The summed E-state index contributed by atoms with van der Waals surface area (Å²) in [5.74, 6) is -0.0978. The Hall–Kier alpha value is -2.98. The zero-order valence-corrected chi connectivity index (χ0v) is 23.8. The molecule has 0 bridgehead atoms. The topological polar surface area (TPSA) is 105 Å². The van der Waals surface area contributed by atoms with Crippen LogP contribution in [0.15, 0.2) is 42.5 Å². The van der Waals surface area contributed by atoms with Gasteiger partial charge in [-0.3, -0.25) is 13.9 Å². The van der Waals surface area contributed by atoms with Gasteiger partial charge >= 0.3 is 0 Å². The molecule has 0 spiro atoms. The number of halogens is 1. The molecule has 1 aliphatic rings. The van der Waals surface area contributed by atoms with Crippen LogP contribution in [0.5, 0.6) is 11.5 Å². The van der Waals surface area contributed by atoms with Crippen molar-refractivity contribution in [2.45, 2.75) is 57.7 Å². The number of hydrogen-bond acceptors (Lipinski definition) is 6. The lowest BCUT2D eigenvalue weighted by Gasteiger charge is -2.33. The fraction of sp³-hybridized carbons (Fsp3) is 0.481. The Morgan fingerprint density at radius 2 is 1.71 bits per heavy atom. The highest BCUT2D eigenvalue weighted by atomic mass is 35.5. The van der Waals surface area contributed by atoms with E-state index in [1.807, 2.05) is 0 Å². The van der Waals surface area contributed by atoms with E-state index >= 15 is 0 Å². The van der Waals surface area contributed by atoms with Crippen LogP contribution in [0.4, 0.5) is 5.69 Å². The molecule has 11 heteroatoms. The Kier molecular flexibility index (Phi) is 10.3. The van der Waals surface area contributed by atoms with Crippen LogP contribution in [0.2, 0.25) is 5.02 Å². The second kappa shape index (κ2) is 13.2. The van der Waals surface area contributed by atoms with E-state index in [0.717, 1.165) is 48.2 Å². The summed E-state index contributed by atoms with van der Waals surface area (Å²) in [4.78, 5) is 28.4. The summed E-state index contributed by atoms with van der Waals surface area (Å²) >= 11 is 6.03. The number of carbonyl (C=O) groups is 2. The smallest absolute Gasteiger partial charge is 0.244 e. The van der Waals surface area contributed by atoms with Crippen molar-refractivity contribution in [3.63, 3.8) is 0 Å². The van der Waals surface area contributed by atoms with Crippen LogP contribution in [-0.2, 0) is 26.2 Å². The van der Waals surface area contributed by atoms with E-state index in [1.165, 1.54) is 25.2 Å². The van der Waals surface area contributed by atoms with Crippen LogP contribution < -0.4 is 19.1 Å². The van der Waals surface area contributed by atoms with Crippen molar-refractivity contribution in [2.75, 3.05) is 31.3 Å². The molecule has 9 nitrogen and oxygen atoms in total.